The first-order valence-corrected chi connectivity index (χ1v) is 12.5. The average Bonchev–Trinajstić information content (AvgIpc) is 3.25. The maximum absolute atomic E-state index is 13.4. The second kappa shape index (κ2) is 8.95. The van der Waals surface area contributed by atoms with Gasteiger partial charge < -0.3 is 24.0 Å². The molecule has 0 spiro atoms. The summed E-state index contributed by atoms with van der Waals surface area (Å²) >= 11 is 6.48. The number of aromatic nitrogens is 4. The number of hydrogen-bond acceptors (Lipinski definition) is 7. The zero-order valence-electron chi connectivity index (χ0n) is 21.0. The predicted octanol–water partition coefficient (Wildman–Crippen LogP) is 2.75. The second-order valence-electron chi connectivity index (χ2n) is 10.2. The third kappa shape index (κ3) is 4.21. The van der Waals surface area contributed by atoms with Gasteiger partial charge in [-0.15, -0.1) is 0 Å². The van der Waals surface area contributed by atoms with Crippen molar-refractivity contribution < 1.29 is 4.79 Å². The molecule has 10 heteroatoms. The summed E-state index contributed by atoms with van der Waals surface area (Å²) in [4.78, 5) is 35.7. The molecule has 35 heavy (non-hydrogen) atoms. The van der Waals surface area contributed by atoms with E-state index in [-0.39, 0.29) is 11.8 Å². The Balaban J connectivity index is 1.27. The number of pyridine rings is 1. The Morgan fingerprint density at radius 1 is 1.11 bits per heavy atom. The highest BCUT2D eigenvalue weighted by Gasteiger charge is 2.41. The lowest BCUT2D eigenvalue weighted by Crippen LogP contribution is -2.57. The number of imidazole rings is 1. The minimum atomic E-state index is -0.518. The molecule has 2 aliphatic rings. The van der Waals surface area contributed by atoms with Crippen molar-refractivity contribution in [2.24, 2.45) is 5.92 Å². The maximum Gasteiger partial charge on any atom is 0.229 e. The number of fused-ring (bicyclic) bond motifs is 1. The molecule has 0 unspecified atom stereocenters. The number of halogens is 1. The summed E-state index contributed by atoms with van der Waals surface area (Å²) in [6, 6.07) is 6.34. The van der Waals surface area contributed by atoms with Crippen LogP contribution in [-0.4, -0.2) is 87.9 Å². The SMILES string of the molecule is C[C@@H]1CN(c2ncc(Cl)c(N3CC(C(=O)N(C)C(C)(C)c4cnc5ccccn45)C3)n2)CCN1C. The molecule has 0 radical (unpaired) electrons. The van der Waals surface area contributed by atoms with Crippen LogP contribution >= 0.6 is 11.6 Å². The van der Waals surface area contributed by atoms with E-state index >= 15 is 0 Å². The van der Waals surface area contributed by atoms with E-state index in [2.05, 4.69) is 52.5 Å². The minimum absolute atomic E-state index is 0.107. The van der Waals surface area contributed by atoms with Crippen molar-refractivity contribution in [3.8, 4) is 0 Å². The number of hydrogen-bond donors (Lipinski definition) is 0. The van der Waals surface area contributed by atoms with Gasteiger partial charge in [-0.05, 0) is 40.0 Å². The largest absolute Gasteiger partial charge is 0.353 e. The monoisotopic (exact) mass is 496 g/mol. The number of likely N-dealkylation sites (N-methyl/N-ethyl adjacent to an activating group) is 1. The molecule has 186 valence electrons. The number of nitrogens with zero attached hydrogens (tertiary/aromatic N) is 8. The van der Waals surface area contributed by atoms with Gasteiger partial charge in [0.05, 0.1) is 29.5 Å². The molecule has 5 rings (SSSR count). The van der Waals surface area contributed by atoms with E-state index in [0.717, 1.165) is 31.0 Å². The molecule has 0 bridgehead atoms. The van der Waals surface area contributed by atoms with Crippen LogP contribution in [0.3, 0.4) is 0 Å². The molecule has 1 atom stereocenters. The first kappa shape index (κ1) is 23.8. The van der Waals surface area contributed by atoms with Crippen LogP contribution < -0.4 is 9.80 Å². The van der Waals surface area contributed by atoms with Gasteiger partial charge in [0.25, 0.3) is 0 Å². The summed E-state index contributed by atoms with van der Waals surface area (Å²) < 4.78 is 2.04. The lowest BCUT2D eigenvalue weighted by molar-refractivity contribution is -0.140. The van der Waals surface area contributed by atoms with Gasteiger partial charge in [-0.25, -0.2) is 9.97 Å². The van der Waals surface area contributed by atoms with Crippen LogP contribution in [0.15, 0.2) is 36.8 Å². The van der Waals surface area contributed by atoms with Crippen LogP contribution in [0.4, 0.5) is 11.8 Å². The Bertz CT molecular complexity index is 1240. The number of anilines is 2. The van der Waals surface area contributed by atoms with Crippen molar-refractivity contribution in [3.05, 3.63) is 47.5 Å². The number of amides is 1. The molecule has 0 aliphatic carbocycles. The van der Waals surface area contributed by atoms with Crippen molar-refractivity contribution in [2.45, 2.75) is 32.4 Å². The topological polar surface area (TPSA) is 73.1 Å². The van der Waals surface area contributed by atoms with Gasteiger partial charge in [-0.1, -0.05) is 17.7 Å². The molecule has 2 aliphatic heterocycles. The standard InChI is InChI=1S/C25H33ClN8O/c1-17-14-32(11-10-30(17)4)24-28-12-19(26)22(29-24)33-15-18(16-33)23(35)31(5)25(2,3)20-13-27-21-8-6-7-9-34(20)21/h6-9,12-13,17-18H,10-11,14-16H2,1-5H3/t17-/m1/s1. The number of rotatable bonds is 5. The third-order valence-electron chi connectivity index (χ3n) is 7.70. The number of piperazine rings is 1. The van der Waals surface area contributed by atoms with E-state index in [0.29, 0.717) is 35.9 Å². The highest BCUT2D eigenvalue weighted by molar-refractivity contribution is 6.32. The van der Waals surface area contributed by atoms with E-state index in [1.807, 2.05) is 46.9 Å². The molecule has 1 amide bonds. The second-order valence-corrected chi connectivity index (χ2v) is 10.7. The Kier molecular flexibility index (Phi) is 6.09. The van der Waals surface area contributed by atoms with Crippen LogP contribution in [0, 0.1) is 5.92 Å². The Morgan fingerprint density at radius 3 is 2.63 bits per heavy atom. The van der Waals surface area contributed by atoms with E-state index < -0.39 is 5.54 Å². The van der Waals surface area contributed by atoms with Crippen molar-refractivity contribution in [2.75, 3.05) is 56.6 Å². The average molecular weight is 497 g/mol. The van der Waals surface area contributed by atoms with Gasteiger partial charge in [0, 0.05) is 52.0 Å². The highest BCUT2D eigenvalue weighted by Crippen LogP contribution is 2.34. The normalized spacial score (nSPS) is 19.8. The Labute approximate surface area is 211 Å². The van der Waals surface area contributed by atoms with E-state index in [1.54, 1.807) is 6.20 Å². The fraction of sp³-hybridized carbons (Fsp3) is 0.520. The fourth-order valence-corrected chi connectivity index (χ4v) is 5.08. The zero-order chi connectivity index (χ0) is 24.9. The summed E-state index contributed by atoms with van der Waals surface area (Å²) in [5.74, 6) is 1.40. The number of carbonyl (C=O) groups is 1. The summed E-state index contributed by atoms with van der Waals surface area (Å²) in [5, 5.41) is 0.515. The van der Waals surface area contributed by atoms with Gasteiger partial charge >= 0.3 is 0 Å². The molecular formula is C25H33ClN8O. The Hall–Kier alpha value is -2.91. The zero-order valence-corrected chi connectivity index (χ0v) is 21.8. The van der Waals surface area contributed by atoms with Gasteiger partial charge in [-0.2, -0.15) is 4.98 Å². The van der Waals surface area contributed by atoms with Gasteiger partial charge in [0.2, 0.25) is 11.9 Å². The van der Waals surface area contributed by atoms with E-state index in [1.165, 1.54) is 0 Å². The van der Waals surface area contributed by atoms with Crippen LogP contribution in [0.25, 0.3) is 5.65 Å². The van der Waals surface area contributed by atoms with Gasteiger partial charge in [0.1, 0.15) is 10.7 Å². The van der Waals surface area contributed by atoms with Crippen LogP contribution in [0.2, 0.25) is 5.02 Å². The third-order valence-corrected chi connectivity index (χ3v) is 7.97. The first-order chi connectivity index (χ1) is 16.7. The summed E-state index contributed by atoms with van der Waals surface area (Å²) in [6.07, 6.45) is 5.52. The smallest absolute Gasteiger partial charge is 0.229 e. The predicted molar refractivity (Wildman–Crippen MR) is 138 cm³/mol. The maximum atomic E-state index is 13.4. The van der Waals surface area contributed by atoms with Gasteiger partial charge in [0.15, 0.2) is 5.82 Å². The van der Waals surface area contributed by atoms with E-state index in [4.69, 9.17) is 16.6 Å². The molecule has 3 aromatic rings. The molecule has 2 saturated heterocycles. The van der Waals surface area contributed by atoms with Crippen molar-refractivity contribution >= 4 is 34.9 Å². The quantitative estimate of drug-likeness (QED) is 0.537. The molecule has 0 N–H and O–H groups in total. The minimum Gasteiger partial charge on any atom is -0.353 e. The van der Waals surface area contributed by atoms with Crippen LogP contribution in [0.5, 0.6) is 0 Å². The summed E-state index contributed by atoms with van der Waals surface area (Å²) in [6.45, 7) is 10.2. The summed E-state index contributed by atoms with van der Waals surface area (Å²) in [5.41, 5.74) is 1.33. The van der Waals surface area contributed by atoms with Crippen LogP contribution in [-0.2, 0) is 10.3 Å². The molecule has 5 heterocycles. The molecule has 2 fully saturated rings. The van der Waals surface area contributed by atoms with Crippen molar-refractivity contribution in [3.63, 3.8) is 0 Å². The molecule has 3 aromatic heterocycles. The van der Waals surface area contributed by atoms with Crippen molar-refractivity contribution in [1.29, 1.82) is 0 Å². The van der Waals surface area contributed by atoms with E-state index in [9.17, 15) is 4.79 Å². The lowest BCUT2D eigenvalue weighted by atomic mass is 9.93. The lowest BCUT2D eigenvalue weighted by Gasteiger charge is -2.44. The van der Waals surface area contributed by atoms with Crippen LogP contribution in [0.1, 0.15) is 26.5 Å². The fourth-order valence-electron chi connectivity index (χ4n) is 4.87. The molecular weight excluding hydrogens is 464 g/mol. The highest BCUT2D eigenvalue weighted by atomic mass is 35.5. The molecule has 0 aromatic carbocycles. The number of carbonyl (C=O) groups excluding carboxylic acids is 1. The first-order valence-electron chi connectivity index (χ1n) is 12.1. The molecule has 0 saturated carbocycles. The summed E-state index contributed by atoms with van der Waals surface area (Å²) in [7, 11) is 4.01. The van der Waals surface area contributed by atoms with Crippen molar-refractivity contribution in [1.82, 2.24) is 29.2 Å². The molecule has 9 nitrogen and oxygen atoms in total. The van der Waals surface area contributed by atoms with Gasteiger partial charge in [-0.3, -0.25) is 4.79 Å². The Morgan fingerprint density at radius 2 is 1.89 bits per heavy atom.